The van der Waals surface area contributed by atoms with Crippen molar-refractivity contribution in [3.8, 4) is 5.75 Å². The fraction of sp³-hybridized carbons (Fsp3) is 0.625. The predicted molar refractivity (Wildman–Crippen MR) is 75.7 cm³/mol. The smallest absolute Gasteiger partial charge is 0.119 e. The lowest BCUT2D eigenvalue weighted by molar-refractivity contribution is 0.00558. The average molecular weight is 261 g/mol. The molecule has 2 bridgehead atoms. The monoisotopic (exact) mass is 261 g/mol. The van der Waals surface area contributed by atoms with Crippen molar-refractivity contribution in [2.45, 2.75) is 31.2 Å². The lowest BCUT2D eigenvalue weighted by Crippen LogP contribution is -2.58. The van der Waals surface area contributed by atoms with Crippen LogP contribution in [-0.4, -0.2) is 43.4 Å². The molecule has 19 heavy (non-hydrogen) atoms. The van der Waals surface area contributed by atoms with Crippen LogP contribution in [0.3, 0.4) is 0 Å². The number of aliphatic hydroxyl groups is 1. The van der Waals surface area contributed by atoms with Crippen molar-refractivity contribution < 1.29 is 9.84 Å². The maximum Gasteiger partial charge on any atom is 0.119 e. The Bertz CT molecular complexity index is 488. The summed E-state index contributed by atoms with van der Waals surface area (Å²) < 4.78 is 5.38. The van der Waals surface area contributed by atoms with Crippen LogP contribution in [0.25, 0.3) is 0 Å². The zero-order valence-corrected chi connectivity index (χ0v) is 12.0. The Balaban J connectivity index is 2.13. The Hall–Kier alpha value is -1.06. The molecule has 3 rings (SSSR count). The van der Waals surface area contributed by atoms with E-state index in [0.717, 1.165) is 25.1 Å². The van der Waals surface area contributed by atoms with E-state index < -0.39 is 0 Å². The molecule has 0 spiro atoms. The summed E-state index contributed by atoms with van der Waals surface area (Å²) in [5.74, 6) is 1.25. The highest BCUT2D eigenvalue weighted by molar-refractivity contribution is 5.44. The van der Waals surface area contributed by atoms with Gasteiger partial charge in [0.25, 0.3) is 0 Å². The summed E-state index contributed by atoms with van der Waals surface area (Å²) in [5, 5.41) is 9.87. The highest BCUT2D eigenvalue weighted by Crippen LogP contribution is 2.48. The van der Waals surface area contributed by atoms with E-state index in [1.807, 2.05) is 0 Å². The van der Waals surface area contributed by atoms with Crippen LogP contribution in [0.5, 0.6) is 5.75 Å². The predicted octanol–water partition coefficient (Wildman–Crippen LogP) is 1.82. The Morgan fingerprint density at radius 1 is 1.47 bits per heavy atom. The van der Waals surface area contributed by atoms with Crippen LogP contribution in [-0.2, 0) is 11.8 Å². The van der Waals surface area contributed by atoms with Crippen molar-refractivity contribution in [1.82, 2.24) is 4.90 Å². The van der Waals surface area contributed by atoms with Gasteiger partial charge in [-0.1, -0.05) is 13.0 Å². The van der Waals surface area contributed by atoms with Crippen LogP contribution in [0, 0.1) is 5.92 Å². The number of benzene rings is 1. The van der Waals surface area contributed by atoms with Crippen LogP contribution >= 0.6 is 0 Å². The first-order valence-electron chi connectivity index (χ1n) is 7.08. The van der Waals surface area contributed by atoms with Crippen LogP contribution in [0.2, 0.25) is 0 Å². The number of nitrogens with zero attached hydrogens (tertiary/aromatic N) is 1. The van der Waals surface area contributed by atoms with Gasteiger partial charge in [-0.25, -0.2) is 0 Å². The minimum absolute atomic E-state index is 0.0774. The molecule has 0 saturated carbocycles. The largest absolute Gasteiger partial charge is 0.497 e. The quantitative estimate of drug-likeness (QED) is 0.881. The molecule has 0 amide bonds. The van der Waals surface area contributed by atoms with Gasteiger partial charge >= 0.3 is 0 Å². The van der Waals surface area contributed by atoms with E-state index >= 15 is 0 Å². The summed E-state index contributed by atoms with van der Waals surface area (Å²) in [6.45, 7) is 3.68. The van der Waals surface area contributed by atoms with Crippen molar-refractivity contribution in [2.75, 3.05) is 27.3 Å². The summed E-state index contributed by atoms with van der Waals surface area (Å²) in [7, 11) is 3.90. The van der Waals surface area contributed by atoms with Crippen molar-refractivity contribution >= 4 is 0 Å². The third-order valence-corrected chi connectivity index (χ3v) is 5.39. The Labute approximate surface area is 115 Å². The van der Waals surface area contributed by atoms with Crippen molar-refractivity contribution in [1.29, 1.82) is 0 Å². The van der Waals surface area contributed by atoms with E-state index in [0.29, 0.717) is 12.0 Å². The second-order valence-corrected chi connectivity index (χ2v) is 6.23. The molecule has 0 unspecified atom stereocenters. The molecule has 3 heteroatoms. The third-order valence-electron chi connectivity index (χ3n) is 5.39. The van der Waals surface area contributed by atoms with Gasteiger partial charge in [-0.15, -0.1) is 0 Å². The Kier molecular flexibility index (Phi) is 3.06. The molecule has 104 valence electrons. The van der Waals surface area contributed by atoms with Gasteiger partial charge < -0.3 is 14.7 Å². The number of likely N-dealkylation sites (tertiary alicyclic amines) is 1. The maximum absolute atomic E-state index is 9.87. The number of piperidine rings is 1. The van der Waals surface area contributed by atoms with Gasteiger partial charge in [0.2, 0.25) is 0 Å². The molecule has 0 radical (unpaired) electrons. The fourth-order valence-corrected chi connectivity index (χ4v) is 4.06. The highest BCUT2D eigenvalue weighted by Gasteiger charge is 2.49. The number of hydrogen-bond donors (Lipinski definition) is 1. The van der Waals surface area contributed by atoms with Gasteiger partial charge in [0, 0.05) is 24.0 Å². The first-order chi connectivity index (χ1) is 9.10. The van der Waals surface area contributed by atoms with E-state index in [-0.39, 0.29) is 12.0 Å². The number of ether oxygens (including phenoxy) is 1. The van der Waals surface area contributed by atoms with Gasteiger partial charge in [-0.05, 0) is 49.7 Å². The molecular weight excluding hydrogens is 238 g/mol. The van der Waals surface area contributed by atoms with Gasteiger partial charge in [0.1, 0.15) is 5.75 Å². The van der Waals surface area contributed by atoms with E-state index in [9.17, 15) is 5.11 Å². The molecule has 1 fully saturated rings. The van der Waals surface area contributed by atoms with Gasteiger partial charge in [0.05, 0.1) is 7.11 Å². The molecule has 1 N–H and O–H groups in total. The maximum atomic E-state index is 9.87. The van der Waals surface area contributed by atoms with Crippen molar-refractivity contribution in [2.24, 2.45) is 5.92 Å². The molecule has 1 aromatic rings. The van der Waals surface area contributed by atoms with E-state index in [1.165, 1.54) is 11.1 Å². The summed E-state index contributed by atoms with van der Waals surface area (Å²) in [5.41, 5.74) is 2.88. The van der Waals surface area contributed by atoms with E-state index in [2.05, 4.69) is 37.1 Å². The first-order valence-corrected chi connectivity index (χ1v) is 7.08. The van der Waals surface area contributed by atoms with Gasteiger partial charge in [0.15, 0.2) is 0 Å². The summed E-state index contributed by atoms with van der Waals surface area (Å²) in [6.07, 6.45) is 2.14. The molecule has 0 aromatic heterocycles. The third kappa shape index (κ3) is 1.79. The molecule has 1 heterocycles. The SMILES string of the molecule is COc1ccc2c(c1)[C@]1(C)CCN(C)[C@H](C2)[C@H]1CO. The van der Waals surface area contributed by atoms with Crippen LogP contribution in [0.4, 0.5) is 0 Å². The first kappa shape index (κ1) is 12.9. The number of fused-ring (bicyclic) bond motifs is 4. The summed E-state index contributed by atoms with van der Waals surface area (Å²) in [6, 6.07) is 6.90. The minimum atomic E-state index is 0.0774. The highest BCUT2D eigenvalue weighted by atomic mass is 16.5. The molecule has 1 aliphatic carbocycles. The van der Waals surface area contributed by atoms with E-state index in [1.54, 1.807) is 7.11 Å². The second-order valence-electron chi connectivity index (χ2n) is 6.23. The second kappa shape index (κ2) is 4.50. The van der Waals surface area contributed by atoms with Gasteiger partial charge in [-0.2, -0.15) is 0 Å². The van der Waals surface area contributed by atoms with Gasteiger partial charge in [-0.3, -0.25) is 0 Å². The number of aliphatic hydroxyl groups excluding tert-OH is 1. The van der Waals surface area contributed by atoms with Crippen molar-refractivity contribution in [3.05, 3.63) is 29.3 Å². The molecule has 2 aliphatic rings. The molecule has 3 nitrogen and oxygen atoms in total. The summed E-state index contributed by atoms with van der Waals surface area (Å²) in [4.78, 5) is 2.41. The van der Waals surface area contributed by atoms with Crippen molar-refractivity contribution in [3.63, 3.8) is 0 Å². The fourth-order valence-electron chi connectivity index (χ4n) is 4.06. The molecule has 1 aromatic carbocycles. The lowest BCUT2D eigenvalue weighted by atomic mass is 9.58. The lowest BCUT2D eigenvalue weighted by Gasteiger charge is -2.54. The standard InChI is InChI=1S/C16H23NO2/c1-16-6-7-17(2)15(14(16)10-18)8-11-4-5-12(19-3)9-13(11)16/h4-5,9,14-15,18H,6-8,10H2,1-3H3/t14-,15-,16+/m1/s1. The topological polar surface area (TPSA) is 32.7 Å². The van der Waals surface area contributed by atoms with Crippen LogP contribution < -0.4 is 4.74 Å². The summed E-state index contributed by atoms with van der Waals surface area (Å²) >= 11 is 0. The Morgan fingerprint density at radius 3 is 2.95 bits per heavy atom. The zero-order valence-electron chi connectivity index (χ0n) is 12.0. The molecule has 3 atom stereocenters. The minimum Gasteiger partial charge on any atom is -0.497 e. The average Bonchev–Trinajstić information content (AvgIpc) is 2.43. The number of methoxy groups -OCH3 is 1. The molecule has 1 saturated heterocycles. The molecule has 1 aliphatic heterocycles. The number of rotatable bonds is 2. The normalized spacial score (nSPS) is 33.9. The van der Waals surface area contributed by atoms with Crippen LogP contribution in [0.1, 0.15) is 24.5 Å². The molecular formula is C16H23NO2. The van der Waals surface area contributed by atoms with E-state index in [4.69, 9.17) is 4.74 Å². The van der Waals surface area contributed by atoms with Crippen LogP contribution in [0.15, 0.2) is 18.2 Å². The zero-order chi connectivity index (χ0) is 13.6. The number of likely N-dealkylation sites (N-methyl/N-ethyl adjacent to an activating group) is 1. The Morgan fingerprint density at radius 2 is 2.26 bits per heavy atom. The number of hydrogen-bond acceptors (Lipinski definition) is 3.